The van der Waals surface area contributed by atoms with Crippen LogP contribution in [0.2, 0.25) is 0 Å². The summed E-state index contributed by atoms with van der Waals surface area (Å²) < 4.78 is 84.2. The van der Waals surface area contributed by atoms with E-state index in [4.69, 9.17) is 12.2 Å². The van der Waals surface area contributed by atoms with E-state index in [1.165, 1.54) is 24.3 Å². The zero-order chi connectivity index (χ0) is 21.5. The van der Waals surface area contributed by atoms with Gasteiger partial charge in [-0.05, 0) is 60.7 Å². The molecule has 154 valence electrons. The highest BCUT2D eigenvalue weighted by atomic mass is 32.2. The molecule has 2 aromatic carbocycles. The highest BCUT2D eigenvalue weighted by Gasteiger charge is 2.30. The molecule has 0 aromatic heterocycles. The lowest BCUT2D eigenvalue weighted by Gasteiger charge is -2.13. The van der Waals surface area contributed by atoms with Crippen LogP contribution in [0.1, 0.15) is 11.1 Å². The molecule has 0 aliphatic carbocycles. The number of anilines is 2. The van der Waals surface area contributed by atoms with E-state index < -0.39 is 34.3 Å². The summed E-state index contributed by atoms with van der Waals surface area (Å²) >= 11 is 4.96. The lowest BCUT2D eigenvalue weighted by molar-refractivity contribution is -0.138. The van der Waals surface area contributed by atoms with Gasteiger partial charge >= 0.3 is 12.4 Å². The first-order chi connectivity index (χ1) is 12.8. The molecular formula is C17H16F6N2OS2. The minimum atomic E-state index is -4.43. The Labute approximate surface area is 165 Å². The average molecular weight is 442 g/mol. The Morgan fingerprint density at radius 1 is 0.750 bits per heavy atom. The van der Waals surface area contributed by atoms with Crippen LogP contribution < -0.4 is 10.6 Å². The van der Waals surface area contributed by atoms with Crippen molar-refractivity contribution in [1.29, 1.82) is 0 Å². The maximum Gasteiger partial charge on any atom is 0.416 e. The fourth-order valence-corrected chi connectivity index (χ4v) is 2.01. The second-order valence-electron chi connectivity index (χ2n) is 5.47. The van der Waals surface area contributed by atoms with Gasteiger partial charge in [-0.3, -0.25) is 4.21 Å². The SMILES string of the molecule is CS(C)=O.FC(F)(F)c1ccc(NC(=S)Nc2ccc(C(F)(F)F)cc2)cc1. The van der Waals surface area contributed by atoms with E-state index >= 15 is 0 Å². The van der Waals surface area contributed by atoms with E-state index in [1.807, 2.05) is 0 Å². The first-order valence-electron chi connectivity index (χ1n) is 7.46. The second kappa shape index (κ2) is 9.87. The molecule has 3 nitrogen and oxygen atoms in total. The molecule has 0 fully saturated rings. The van der Waals surface area contributed by atoms with Crippen LogP contribution in [0.15, 0.2) is 48.5 Å². The Kier molecular flexibility index (Phi) is 8.43. The number of nitrogens with one attached hydrogen (secondary N) is 2. The van der Waals surface area contributed by atoms with Gasteiger partial charge < -0.3 is 10.6 Å². The summed E-state index contributed by atoms with van der Waals surface area (Å²) in [6.45, 7) is 0. The van der Waals surface area contributed by atoms with E-state index in [0.717, 1.165) is 24.3 Å². The first kappa shape index (κ1) is 23.9. The van der Waals surface area contributed by atoms with Crippen molar-refractivity contribution in [3.8, 4) is 0 Å². The molecule has 2 rings (SSSR count). The van der Waals surface area contributed by atoms with Crippen LogP contribution in [-0.4, -0.2) is 21.8 Å². The predicted molar refractivity (Wildman–Crippen MR) is 103 cm³/mol. The molecule has 0 heterocycles. The third kappa shape index (κ3) is 8.70. The molecule has 0 unspecified atom stereocenters. The van der Waals surface area contributed by atoms with Gasteiger partial charge in [-0.2, -0.15) is 26.3 Å². The fraction of sp³-hybridized carbons (Fsp3) is 0.235. The summed E-state index contributed by atoms with van der Waals surface area (Å²) in [5, 5.41) is 5.33. The van der Waals surface area contributed by atoms with Crippen LogP contribution >= 0.6 is 12.2 Å². The monoisotopic (exact) mass is 442 g/mol. The molecule has 0 atom stereocenters. The third-order valence-corrected chi connectivity index (χ3v) is 3.14. The Hall–Kier alpha value is -2.14. The van der Waals surface area contributed by atoms with Gasteiger partial charge in [-0.1, -0.05) is 0 Å². The molecule has 0 saturated carbocycles. The molecule has 0 radical (unpaired) electrons. The summed E-state index contributed by atoms with van der Waals surface area (Å²) in [5.74, 6) is 0. The minimum absolute atomic E-state index is 0.0366. The maximum absolute atomic E-state index is 12.4. The van der Waals surface area contributed by atoms with E-state index in [-0.39, 0.29) is 5.11 Å². The van der Waals surface area contributed by atoms with Crippen LogP contribution in [0.4, 0.5) is 37.7 Å². The van der Waals surface area contributed by atoms with Crippen molar-refractivity contribution in [3.63, 3.8) is 0 Å². The quantitative estimate of drug-likeness (QED) is 0.474. The smallest absolute Gasteiger partial charge is 0.332 e. The highest BCUT2D eigenvalue weighted by Crippen LogP contribution is 2.31. The predicted octanol–water partition coefficient (Wildman–Crippen LogP) is 5.53. The number of rotatable bonds is 2. The summed E-state index contributed by atoms with van der Waals surface area (Å²) in [7, 11) is -0.611. The van der Waals surface area contributed by atoms with Gasteiger partial charge in [0.1, 0.15) is 0 Å². The Morgan fingerprint density at radius 2 is 1.00 bits per heavy atom. The van der Waals surface area contributed by atoms with Gasteiger partial charge in [0.05, 0.1) is 11.1 Å². The second-order valence-corrected chi connectivity index (χ2v) is 7.36. The van der Waals surface area contributed by atoms with Crippen molar-refractivity contribution in [2.45, 2.75) is 12.4 Å². The van der Waals surface area contributed by atoms with Crippen LogP contribution in [0.5, 0.6) is 0 Å². The lowest BCUT2D eigenvalue weighted by Crippen LogP contribution is -2.19. The van der Waals surface area contributed by atoms with Gasteiger partial charge in [0.15, 0.2) is 5.11 Å². The number of benzene rings is 2. The summed E-state index contributed by atoms with van der Waals surface area (Å²) in [5.41, 5.74) is -0.968. The van der Waals surface area contributed by atoms with Crippen molar-refractivity contribution >= 4 is 39.5 Å². The molecule has 0 saturated heterocycles. The number of hydrogen-bond donors (Lipinski definition) is 2. The standard InChI is InChI=1S/C15H10F6N2S.C2H6OS/c16-14(17,18)9-1-5-11(6-2-9)22-13(24)23-12-7-3-10(4-8-12)15(19,20)21;1-4(2)3/h1-8H,(H2,22,23,24);1-2H3. The van der Waals surface area contributed by atoms with Crippen molar-refractivity contribution in [2.24, 2.45) is 0 Å². The van der Waals surface area contributed by atoms with Crippen LogP contribution in [0.3, 0.4) is 0 Å². The topological polar surface area (TPSA) is 41.1 Å². The van der Waals surface area contributed by atoms with Crippen molar-refractivity contribution in [1.82, 2.24) is 0 Å². The van der Waals surface area contributed by atoms with Crippen LogP contribution in [0, 0.1) is 0 Å². The zero-order valence-electron chi connectivity index (χ0n) is 14.6. The largest absolute Gasteiger partial charge is 0.416 e. The van der Waals surface area contributed by atoms with Crippen LogP contribution in [-0.2, 0) is 23.2 Å². The Balaban J connectivity index is 0.000000892. The lowest BCUT2D eigenvalue weighted by atomic mass is 10.2. The molecule has 2 N–H and O–H groups in total. The molecule has 11 heteroatoms. The van der Waals surface area contributed by atoms with Gasteiger partial charge in [-0.15, -0.1) is 0 Å². The Bertz CT molecular complexity index is 737. The number of halogens is 6. The number of hydrogen-bond acceptors (Lipinski definition) is 2. The van der Waals surface area contributed by atoms with Crippen LogP contribution in [0.25, 0.3) is 0 Å². The molecule has 0 bridgehead atoms. The number of alkyl halides is 6. The molecular weight excluding hydrogens is 426 g/mol. The van der Waals surface area contributed by atoms with E-state index in [0.29, 0.717) is 11.4 Å². The molecule has 0 spiro atoms. The van der Waals surface area contributed by atoms with Gasteiger partial charge in [0.25, 0.3) is 0 Å². The maximum atomic E-state index is 12.4. The normalized spacial score (nSPS) is 11.5. The molecule has 0 aliphatic heterocycles. The van der Waals surface area contributed by atoms with E-state index in [9.17, 15) is 30.6 Å². The molecule has 2 aromatic rings. The van der Waals surface area contributed by atoms with E-state index in [2.05, 4.69) is 10.6 Å². The Morgan fingerprint density at radius 3 is 1.21 bits per heavy atom. The van der Waals surface area contributed by atoms with E-state index in [1.54, 1.807) is 12.5 Å². The third-order valence-electron chi connectivity index (χ3n) is 2.94. The van der Waals surface area contributed by atoms with Crippen molar-refractivity contribution < 1.29 is 30.6 Å². The fourth-order valence-electron chi connectivity index (χ4n) is 1.78. The zero-order valence-corrected chi connectivity index (χ0v) is 16.2. The molecule has 28 heavy (non-hydrogen) atoms. The van der Waals surface area contributed by atoms with Crippen molar-refractivity contribution in [3.05, 3.63) is 59.7 Å². The summed E-state index contributed by atoms with van der Waals surface area (Å²) in [4.78, 5) is 0. The minimum Gasteiger partial charge on any atom is -0.332 e. The molecule has 0 amide bonds. The summed E-state index contributed by atoms with van der Waals surface area (Å²) in [6, 6.07) is 8.36. The van der Waals surface area contributed by atoms with Gasteiger partial charge in [0.2, 0.25) is 0 Å². The number of thiocarbonyl (C=S) groups is 1. The highest BCUT2D eigenvalue weighted by molar-refractivity contribution is 7.83. The summed E-state index contributed by atoms with van der Waals surface area (Å²) in [6.07, 6.45) is -5.59. The van der Waals surface area contributed by atoms with Gasteiger partial charge in [-0.25, -0.2) is 0 Å². The van der Waals surface area contributed by atoms with Gasteiger partial charge in [0, 0.05) is 34.7 Å². The van der Waals surface area contributed by atoms with Crippen molar-refractivity contribution in [2.75, 3.05) is 23.1 Å². The average Bonchev–Trinajstić information content (AvgIpc) is 2.53. The first-order valence-corrected chi connectivity index (χ1v) is 9.84. The molecule has 0 aliphatic rings.